The number of benzene rings is 3. The summed E-state index contributed by atoms with van der Waals surface area (Å²) >= 11 is 0. The largest absolute Gasteiger partial charge is 0.450 e. The minimum atomic E-state index is -4.79. The molecule has 1 heterocycles. The van der Waals surface area contributed by atoms with E-state index in [-0.39, 0.29) is 28.2 Å². The van der Waals surface area contributed by atoms with Crippen LogP contribution in [0, 0.1) is 6.92 Å². The number of alkyl halides is 3. The second kappa shape index (κ2) is 8.72. The van der Waals surface area contributed by atoms with Gasteiger partial charge in [-0.05, 0) is 72.2 Å². The number of azide groups is 1. The number of halogens is 3. The van der Waals surface area contributed by atoms with E-state index in [9.17, 15) is 22.8 Å². The van der Waals surface area contributed by atoms with Gasteiger partial charge < -0.3 is 5.32 Å². The van der Waals surface area contributed by atoms with E-state index in [0.29, 0.717) is 11.3 Å². The molecule has 0 unspecified atom stereocenters. The van der Waals surface area contributed by atoms with E-state index in [0.717, 1.165) is 16.2 Å². The zero-order valence-corrected chi connectivity index (χ0v) is 17.5. The number of nitrogens with one attached hydrogen (secondary N) is 1. The predicted octanol–water partition coefficient (Wildman–Crippen LogP) is 6.06. The van der Waals surface area contributed by atoms with Gasteiger partial charge in [0.25, 0.3) is 5.91 Å². The molecule has 3 aromatic carbocycles. The van der Waals surface area contributed by atoms with Gasteiger partial charge in [-0.1, -0.05) is 17.7 Å². The molecule has 0 atom stereocenters. The van der Waals surface area contributed by atoms with Crippen molar-refractivity contribution < 1.29 is 22.8 Å². The molecule has 0 bridgehead atoms. The van der Waals surface area contributed by atoms with Gasteiger partial charge in [-0.15, -0.1) is 0 Å². The van der Waals surface area contributed by atoms with Crippen molar-refractivity contribution in [3.63, 3.8) is 0 Å². The van der Waals surface area contributed by atoms with Crippen LogP contribution in [0.3, 0.4) is 0 Å². The molecule has 170 valence electrons. The summed E-state index contributed by atoms with van der Waals surface area (Å²) in [6, 6.07) is 16.4. The first-order chi connectivity index (χ1) is 16.2. The van der Waals surface area contributed by atoms with E-state index in [1.165, 1.54) is 36.4 Å². The summed E-state index contributed by atoms with van der Waals surface area (Å²) in [4.78, 5) is 30.2. The average Bonchev–Trinajstić information content (AvgIpc) is 3.19. The van der Waals surface area contributed by atoms with Gasteiger partial charge in [0.15, 0.2) is 0 Å². The highest BCUT2D eigenvalue weighted by Gasteiger charge is 2.38. The lowest BCUT2D eigenvalue weighted by atomic mass is 10.1. The first-order valence-electron chi connectivity index (χ1n) is 9.85. The van der Waals surface area contributed by atoms with Gasteiger partial charge in [-0.25, -0.2) is 4.98 Å². The SMILES string of the molecule is Cc1ccc(C(=O)Nc2ccc(-n3c(C(F)(F)F)nc4cc(C(=O)N=[N+]=[N-])ccc43)cc2)cc1. The number of aryl methyl sites for hydroxylation is 1. The van der Waals surface area contributed by atoms with Crippen LogP contribution in [-0.4, -0.2) is 21.4 Å². The monoisotopic (exact) mass is 464 g/mol. The molecule has 8 nitrogen and oxygen atoms in total. The van der Waals surface area contributed by atoms with Crippen LogP contribution in [0.2, 0.25) is 0 Å². The van der Waals surface area contributed by atoms with Crippen LogP contribution in [0.4, 0.5) is 18.9 Å². The molecular formula is C23H15F3N6O2. The van der Waals surface area contributed by atoms with Crippen LogP contribution >= 0.6 is 0 Å². The fraction of sp³-hybridized carbons (Fsp3) is 0.0870. The number of rotatable bonds is 4. The van der Waals surface area contributed by atoms with E-state index < -0.39 is 17.9 Å². The molecule has 0 aliphatic heterocycles. The molecule has 4 aromatic rings. The number of amides is 2. The highest BCUT2D eigenvalue weighted by atomic mass is 19.4. The number of hydrogen-bond donors (Lipinski definition) is 1. The summed E-state index contributed by atoms with van der Waals surface area (Å²) in [5, 5.41) is 5.65. The maximum Gasteiger partial charge on any atom is 0.450 e. The van der Waals surface area contributed by atoms with Crippen LogP contribution in [0.5, 0.6) is 0 Å². The van der Waals surface area contributed by atoms with Crippen LogP contribution in [0.25, 0.3) is 27.2 Å². The molecule has 4 rings (SSSR count). The Morgan fingerprint density at radius 3 is 2.26 bits per heavy atom. The molecule has 0 aliphatic rings. The fourth-order valence-corrected chi connectivity index (χ4v) is 3.37. The molecule has 0 saturated carbocycles. The lowest BCUT2D eigenvalue weighted by Gasteiger charge is -2.12. The summed E-state index contributed by atoms with van der Waals surface area (Å²) in [5.41, 5.74) is 10.3. The van der Waals surface area contributed by atoms with Crippen molar-refractivity contribution in [1.29, 1.82) is 0 Å². The Labute approximate surface area is 190 Å². The number of imidazole rings is 1. The van der Waals surface area contributed by atoms with E-state index in [1.807, 2.05) is 6.92 Å². The third-order valence-corrected chi connectivity index (χ3v) is 4.99. The molecule has 1 N–H and O–H groups in total. The van der Waals surface area contributed by atoms with Crippen molar-refractivity contribution >= 4 is 28.5 Å². The Kier molecular flexibility index (Phi) is 5.79. The molecule has 0 aliphatic carbocycles. The second-order valence-corrected chi connectivity index (χ2v) is 7.33. The normalized spacial score (nSPS) is 11.2. The third kappa shape index (κ3) is 4.45. The Hall–Kier alpha value is -4.63. The smallest absolute Gasteiger partial charge is 0.322 e. The number of nitrogens with zero attached hydrogens (tertiary/aromatic N) is 5. The molecule has 0 spiro atoms. The minimum absolute atomic E-state index is 0.0853. The fourth-order valence-electron chi connectivity index (χ4n) is 3.37. The van der Waals surface area contributed by atoms with Crippen LogP contribution < -0.4 is 5.32 Å². The van der Waals surface area contributed by atoms with Crippen molar-refractivity contribution in [2.75, 3.05) is 5.32 Å². The highest BCUT2D eigenvalue weighted by Crippen LogP contribution is 2.34. The highest BCUT2D eigenvalue weighted by molar-refractivity contribution is 6.04. The van der Waals surface area contributed by atoms with Crippen molar-refractivity contribution in [1.82, 2.24) is 9.55 Å². The van der Waals surface area contributed by atoms with Crippen molar-refractivity contribution in [3.05, 3.63) is 99.7 Å². The summed E-state index contributed by atoms with van der Waals surface area (Å²) in [7, 11) is 0. The summed E-state index contributed by atoms with van der Waals surface area (Å²) in [6.45, 7) is 1.90. The second-order valence-electron chi connectivity index (χ2n) is 7.33. The number of carbonyl (C=O) groups excluding carboxylic acids is 2. The van der Waals surface area contributed by atoms with Gasteiger partial charge in [0.1, 0.15) is 0 Å². The van der Waals surface area contributed by atoms with Crippen LogP contribution in [-0.2, 0) is 6.18 Å². The number of fused-ring (bicyclic) bond motifs is 1. The standard InChI is InChI=1S/C23H15F3N6O2/c1-13-2-4-14(5-3-13)20(33)28-16-7-9-17(10-8-16)32-19-11-6-15(21(34)30-31-27)12-18(19)29-22(32)23(24,25)26/h2-12H,1H3,(H,28,33). The van der Waals surface area contributed by atoms with Gasteiger partial charge in [0, 0.05) is 27.4 Å². The molecule has 0 saturated heterocycles. The number of hydrogen-bond acceptors (Lipinski definition) is 3. The minimum Gasteiger partial charge on any atom is -0.322 e. The van der Waals surface area contributed by atoms with E-state index in [2.05, 4.69) is 20.3 Å². The maximum atomic E-state index is 13.7. The summed E-state index contributed by atoms with van der Waals surface area (Å²) in [5.74, 6) is -2.47. The molecule has 2 amide bonds. The summed E-state index contributed by atoms with van der Waals surface area (Å²) < 4.78 is 42.1. The zero-order chi connectivity index (χ0) is 24.5. The lowest BCUT2D eigenvalue weighted by molar-refractivity contribution is -0.145. The van der Waals surface area contributed by atoms with Gasteiger partial charge in [-0.2, -0.15) is 13.2 Å². The van der Waals surface area contributed by atoms with Crippen molar-refractivity contribution in [2.24, 2.45) is 5.11 Å². The first kappa shape index (κ1) is 22.6. The quantitative estimate of drug-likeness (QED) is 0.225. The van der Waals surface area contributed by atoms with E-state index in [1.54, 1.807) is 24.3 Å². The Balaban J connectivity index is 1.70. The number of carbonyl (C=O) groups is 2. The predicted molar refractivity (Wildman–Crippen MR) is 119 cm³/mol. The topological polar surface area (TPSA) is 113 Å². The number of anilines is 1. The maximum absolute atomic E-state index is 13.7. The van der Waals surface area contributed by atoms with Crippen molar-refractivity contribution in [2.45, 2.75) is 13.1 Å². The average molecular weight is 464 g/mol. The summed E-state index contributed by atoms with van der Waals surface area (Å²) in [6.07, 6.45) is -4.79. The Morgan fingerprint density at radius 2 is 1.65 bits per heavy atom. The molecule has 0 fully saturated rings. The van der Waals surface area contributed by atoms with E-state index >= 15 is 0 Å². The Bertz CT molecular complexity index is 1450. The van der Waals surface area contributed by atoms with Gasteiger partial charge >= 0.3 is 6.18 Å². The van der Waals surface area contributed by atoms with Gasteiger partial charge in [0.05, 0.1) is 11.0 Å². The van der Waals surface area contributed by atoms with Gasteiger partial charge in [-0.3, -0.25) is 14.2 Å². The molecule has 11 heteroatoms. The number of aromatic nitrogens is 2. The van der Waals surface area contributed by atoms with Crippen LogP contribution in [0.15, 0.2) is 71.8 Å². The molecule has 34 heavy (non-hydrogen) atoms. The molecule has 0 radical (unpaired) electrons. The van der Waals surface area contributed by atoms with Crippen LogP contribution in [0.1, 0.15) is 32.1 Å². The Morgan fingerprint density at radius 1 is 1.00 bits per heavy atom. The zero-order valence-electron chi connectivity index (χ0n) is 17.5. The molecular weight excluding hydrogens is 449 g/mol. The lowest BCUT2D eigenvalue weighted by Crippen LogP contribution is -2.14. The third-order valence-electron chi connectivity index (χ3n) is 4.99. The molecule has 1 aromatic heterocycles. The van der Waals surface area contributed by atoms with Crippen molar-refractivity contribution in [3.8, 4) is 5.69 Å². The first-order valence-corrected chi connectivity index (χ1v) is 9.85. The van der Waals surface area contributed by atoms with E-state index in [4.69, 9.17) is 5.53 Å². The van der Waals surface area contributed by atoms with Gasteiger partial charge in [0.2, 0.25) is 11.7 Å².